The van der Waals surface area contributed by atoms with Gasteiger partial charge >= 0.3 is 5.97 Å². The standard InChI is InChI=1S/C17H30O2S2/c18-17(19)10-4-2-1-3-7-14-11-20-12-15(14)13-21-16-8-5-6-9-16/h14-16H,1-13H2,(H,18,19)/t14-,15-/m0/s1. The molecular formula is C17H30O2S2. The lowest BCUT2D eigenvalue weighted by molar-refractivity contribution is -0.137. The predicted octanol–water partition coefficient (Wildman–Crippen LogP) is 5.07. The van der Waals surface area contributed by atoms with Gasteiger partial charge in [0.05, 0.1) is 0 Å². The van der Waals surface area contributed by atoms with Gasteiger partial charge in [-0.2, -0.15) is 23.5 Å². The molecule has 0 aromatic carbocycles. The maximum absolute atomic E-state index is 10.5. The topological polar surface area (TPSA) is 37.3 Å². The number of rotatable bonds is 10. The Bertz CT molecular complexity index is 303. The first-order valence-corrected chi connectivity index (χ1v) is 10.9. The molecule has 0 unspecified atom stereocenters. The van der Waals surface area contributed by atoms with Gasteiger partial charge in [-0.25, -0.2) is 0 Å². The summed E-state index contributed by atoms with van der Waals surface area (Å²) in [7, 11) is 0. The van der Waals surface area contributed by atoms with Crippen LogP contribution in [0.2, 0.25) is 0 Å². The monoisotopic (exact) mass is 330 g/mol. The molecule has 1 N–H and O–H groups in total. The summed E-state index contributed by atoms with van der Waals surface area (Å²) < 4.78 is 0. The Balaban J connectivity index is 1.53. The van der Waals surface area contributed by atoms with Gasteiger partial charge < -0.3 is 5.11 Å². The van der Waals surface area contributed by atoms with Crippen LogP contribution in [0.4, 0.5) is 0 Å². The Morgan fingerprint density at radius 3 is 2.52 bits per heavy atom. The van der Waals surface area contributed by atoms with Crippen LogP contribution in [-0.4, -0.2) is 33.6 Å². The van der Waals surface area contributed by atoms with Gasteiger partial charge in [0.25, 0.3) is 0 Å². The molecule has 1 heterocycles. The van der Waals surface area contributed by atoms with E-state index in [9.17, 15) is 4.79 Å². The van der Waals surface area contributed by atoms with Crippen molar-refractivity contribution in [3.63, 3.8) is 0 Å². The van der Waals surface area contributed by atoms with Crippen LogP contribution in [0, 0.1) is 11.8 Å². The molecule has 2 aliphatic rings. The number of hydrogen-bond acceptors (Lipinski definition) is 3. The Morgan fingerprint density at radius 1 is 1.05 bits per heavy atom. The third-order valence-electron chi connectivity index (χ3n) is 4.89. The van der Waals surface area contributed by atoms with E-state index < -0.39 is 5.97 Å². The molecule has 0 spiro atoms. The van der Waals surface area contributed by atoms with Gasteiger partial charge in [-0.1, -0.05) is 32.1 Å². The molecule has 2 rings (SSSR count). The summed E-state index contributed by atoms with van der Waals surface area (Å²) in [4.78, 5) is 10.5. The van der Waals surface area contributed by atoms with Crippen molar-refractivity contribution < 1.29 is 9.90 Å². The molecule has 0 aromatic heterocycles. The van der Waals surface area contributed by atoms with Crippen LogP contribution in [0.15, 0.2) is 0 Å². The molecule has 2 nitrogen and oxygen atoms in total. The molecule has 1 saturated heterocycles. The molecule has 1 aliphatic heterocycles. The summed E-state index contributed by atoms with van der Waals surface area (Å²) in [6.45, 7) is 0. The quantitative estimate of drug-likeness (QED) is 0.568. The predicted molar refractivity (Wildman–Crippen MR) is 94.4 cm³/mol. The Morgan fingerprint density at radius 2 is 1.76 bits per heavy atom. The van der Waals surface area contributed by atoms with E-state index in [-0.39, 0.29) is 0 Å². The highest BCUT2D eigenvalue weighted by atomic mass is 32.2. The van der Waals surface area contributed by atoms with E-state index in [2.05, 4.69) is 23.5 Å². The third-order valence-corrected chi connectivity index (χ3v) is 7.79. The maximum Gasteiger partial charge on any atom is 0.303 e. The first kappa shape index (κ1) is 17.5. The van der Waals surface area contributed by atoms with Gasteiger partial charge in [-0.3, -0.25) is 4.79 Å². The molecule has 2 atom stereocenters. The van der Waals surface area contributed by atoms with E-state index in [4.69, 9.17) is 5.11 Å². The Labute approximate surface area is 138 Å². The molecule has 4 heteroatoms. The lowest BCUT2D eigenvalue weighted by Crippen LogP contribution is -2.16. The number of hydrogen-bond donors (Lipinski definition) is 1. The number of aliphatic carboxylic acids is 1. The molecule has 1 aliphatic carbocycles. The summed E-state index contributed by atoms with van der Waals surface area (Å²) >= 11 is 4.41. The first-order chi connectivity index (χ1) is 10.3. The number of carbonyl (C=O) groups is 1. The summed E-state index contributed by atoms with van der Waals surface area (Å²) in [5.74, 6) is 5.37. The van der Waals surface area contributed by atoms with Crippen molar-refractivity contribution in [3.8, 4) is 0 Å². The fraction of sp³-hybridized carbons (Fsp3) is 0.941. The highest BCUT2D eigenvalue weighted by Gasteiger charge is 2.28. The lowest BCUT2D eigenvalue weighted by Gasteiger charge is -2.20. The molecule has 0 radical (unpaired) electrons. The maximum atomic E-state index is 10.5. The smallest absolute Gasteiger partial charge is 0.303 e. The van der Waals surface area contributed by atoms with E-state index in [1.54, 1.807) is 0 Å². The van der Waals surface area contributed by atoms with E-state index in [0.717, 1.165) is 29.9 Å². The minimum Gasteiger partial charge on any atom is -0.481 e. The molecule has 1 saturated carbocycles. The summed E-state index contributed by atoms with van der Waals surface area (Å²) in [5, 5.41) is 9.59. The summed E-state index contributed by atoms with van der Waals surface area (Å²) in [6, 6.07) is 0. The normalized spacial score (nSPS) is 26.5. The van der Waals surface area contributed by atoms with E-state index in [0.29, 0.717) is 6.42 Å². The largest absolute Gasteiger partial charge is 0.481 e. The minimum atomic E-state index is -0.647. The molecule has 122 valence electrons. The number of carboxylic acid groups (broad SMARTS) is 1. The Kier molecular flexibility index (Phi) is 8.38. The van der Waals surface area contributed by atoms with Crippen molar-refractivity contribution in [3.05, 3.63) is 0 Å². The zero-order chi connectivity index (χ0) is 14.9. The fourth-order valence-corrected chi connectivity index (χ4v) is 6.79. The van der Waals surface area contributed by atoms with Gasteiger partial charge in [-0.05, 0) is 54.8 Å². The molecule has 0 amide bonds. The van der Waals surface area contributed by atoms with Crippen molar-refractivity contribution in [2.24, 2.45) is 11.8 Å². The second-order valence-electron chi connectivity index (χ2n) is 6.64. The molecule has 21 heavy (non-hydrogen) atoms. The van der Waals surface area contributed by atoms with Crippen LogP contribution in [0.3, 0.4) is 0 Å². The highest BCUT2D eigenvalue weighted by molar-refractivity contribution is 8.00. The van der Waals surface area contributed by atoms with Gasteiger partial charge in [0, 0.05) is 11.7 Å². The van der Waals surface area contributed by atoms with Crippen LogP contribution < -0.4 is 0 Å². The van der Waals surface area contributed by atoms with Crippen LogP contribution in [0.5, 0.6) is 0 Å². The number of unbranched alkanes of at least 4 members (excludes halogenated alkanes) is 3. The van der Waals surface area contributed by atoms with Gasteiger partial charge in [0.1, 0.15) is 0 Å². The third kappa shape index (κ3) is 6.85. The number of carboxylic acids is 1. The average molecular weight is 331 g/mol. The fourth-order valence-electron chi connectivity index (χ4n) is 3.50. The molecule has 0 bridgehead atoms. The zero-order valence-corrected chi connectivity index (χ0v) is 14.7. The minimum absolute atomic E-state index is 0.347. The lowest BCUT2D eigenvalue weighted by atomic mass is 9.92. The zero-order valence-electron chi connectivity index (χ0n) is 13.1. The van der Waals surface area contributed by atoms with Crippen molar-refractivity contribution in [1.29, 1.82) is 0 Å². The van der Waals surface area contributed by atoms with Crippen molar-refractivity contribution in [2.45, 2.75) is 69.5 Å². The molecule has 0 aromatic rings. The second kappa shape index (κ2) is 10.0. The van der Waals surface area contributed by atoms with E-state index in [1.807, 2.05) is 0 Å². The highest BCUT2D eigenvalue weighted by Crippen LogP contribution is 2.38. The van der Waals surface area contributed by atoms with Gasteiger partial charge in [0.2, 0.25) is 0 Å². The average Bonchev–Trinajstić information content (AvgIpc) is 3.11. The molecule has 2 fully saturated rings. The van der Waals surface area contributed by atoms with Crippen LogP contribution in [0.1, 0.15) is 64.2 Å². The first-order valence-electron chi connectivity index (χ1n) is 8.67. The van der Waals surface area contributed by atoms with Gasteiger partial charge in [-0.15, -0.1) is 0 Å². The van der Waals surface area contributed by atoms with Gasteiger partial charge in [0.15, 0.2) is 0 Å². The SMILES string of the molecule is O=C(O)CCCCCC[C@H]1CSC[C@H]1CSC1CCCC1. The van der Waals surface area contributed by atoms with Crippen LogP contribution >= 0.6 is 23.5 Å². The van der Waals surface area contributed by atoms with Crippen molar-refractivity contribution in [1.82, 2.24) is 0 Å². The summed E-state index contributed by atoms with van der Waals surface area (Å²) in [6.07, 6.45) is 12.0. The second-order valence-corrected chi connectivity index (χ2v) is 9.05. The van der Waals surface area contributed by atoms with E-state index >= 15 is 0 Å². The Hall–Kier alpha value is 0.170. The molecular weight excluding hydrogens is 300 g/mol. The van der Waals surface area contributed by atoms with Crippen LogP contribution in [0.25, 0.3) is 0 Å². The summed E-state index contributed by atoms with van der Waals surface area (Å²) in [5.41, 5.74) is 0. The van der Waals surface area contributed by atoms with Crippen molar-refractivity contribution in [2.75, 3.05) is 17.3 Å². The van der Waals surface area contributed by atoms with Crippen LogP contribution in [-0.2, 0) is 4.79 Å². The number of thioether (sulfide) groups is 2. The van der Waals surface area contributed by atoms with Crippen molar-refractivity contribution >= 4 is 29.5 Å². The van der Waals surface area contributed by atoms with E-state index in [1.165, 1.54) is 62.2 Å².